The van der Waals surface area contributed by atoms with Gasteiger partial charge in [-0.25, -0.2) is 0 Å². The van der Waals surface area contributed by atoms with Crippen molar-refractivity contribution >= 4 is 43.1 Å². The first kappa shape index (κ1) is 28.2. The molecule has 9 aromatic rings. The Bertz CT molecular complexity index is 2890. The zero-order valence-corrected chi connectivity index (χ0v) is 28.9. The van der Waals surface area contributed by atoms with E-state index in [0.717, 1.165) is 0 Å². The van der Waals surface area contributed by atoms with Crippen LogP contribution in [0.5, 0.6) is 0 Å². The number of rotatable bonds is 2. The molecule has 0 aromatic heterocycles. The molecule has 0 heterocycles. The molecule has 9 aromatic carbocycles. The van der Waals surface area contributed by atoms with Crippen LogP contribution in [0, 0.1) is 0 Å². The fourth-order valence-corrected chi connectivity index (χ4v) is 9.83. The van der Waals surface area contributed by atoms with E-state index < -0.39 is 0 Å². The SMILES string of the molecule is CC1(C)c2ccc(-c3ccccc3)cc2-c2cc3c(cc21)-c1c(cc2ccc4c(-c5cccc6ccccc56)ccc5ccc1c2c54)C3(C)C. The summed E-state index contributed by atoms with van der Waals surface area (Å²) in [4.78, 5) is 0. The van der Waals surface area contributed by atoms with Gasteiger partial charge in [0.05, 0.1) is 0 Å². The molecular formula is C50H36. The van der Waals surface area contributed by atoms with Crippen molar-refractivity contribution in [1.29, 1.82) is 0 Å². The van der Waals surface area contributed by atoms with Crippen LogP contribution in [-0.2, 0) is 10.8 Å². The zero-order valence-electron chi connectivity index (χ0n) is 28.9. The van der Waals surface area contributed by atoms with E-state index in [4.69, 9.17) is 0 Å². The maximum absolute atomic E-state index is 2.57. The normalized spacial score (nSPS) is 15.1. The minimum absolute atomic E-state index is 0.0844. The Morgan fingerprint density at radius 2 is 0.960 bits per heavy atom. The molecule has 0 spiro atoms. The average molecular weight is 637 g/mol. The Kier molecular flexibility index (Phi) is 5.34. The third kappa shape index (κ3) is 3.51. The molecule has 11 rings (SSSR count). The molecule has 0 bridgehead atoms. The Hall–Kier alpha value is -5.72. The van der Waals surface area contributed by atoms with Crippen molar-refractivity contribution in [2.75, 3.05) is 0 Å². The van der Waals surface area contributed by atoms with Crippen LogP contribution in [0.1, 0.15) is 49.9 Å². The van der Waals surface area contributed by atoms with Gasteiger partial charge >= 0.3 is 0 Å². The van der Waals surface area contributed by atoms with Crippen LogP contribution >= 0.6 is 0 Å². The molecule has 0 atom stereocenters. The van der Waals surface area contributed by atoms with Gasteiger partial charge in [0.1, 0.15) is 0 Å². The van der Waals surface area contributed by atoms with Crippen LogP contribution in [0.15, 0.2) is 146 Å². The molecule has 0 N–H and O–H groups in total. The van der Waals surface area contributed by atoms with Crippen LogP contribution in [0.2, 0.25) is 0 Å². The van der Waals surface area contributed by atoms with Gasteiger partial charge in [-0.3, -0.25) is 0 Å². The fraction of sp³-hybridized carbons (Fsp3) is 0.120. The lowest BCUT2D eigenvalue weighted by Crippen LogP contribution is -2.17. The summed E-state index contributed by atoms with van der Waals surface area (Å²) in [5.41, 5.74) is 16.3. The van der Waals surface area contributed by atoms with Crippen LogP contribution in [0.25, 0.3) is 87.6 Å². The van der Waals surface area contributed by atoms with Gasteiger partial charge in [-0.2, -0.15) is 0 Å². The maximum Gasteiger partial charge on any atom is 0.0159 e. The van der Waals surface area contributed by atoms with Crippen molar-refractivity contribution in [3.63, 3.8) is 0 Å². The van der Waals surface area contributed by atoms with Crippen molar-refractivity contribution in [3.05, 3.63) is 168 Å². The van der Waals surface area contributed by atoms with Gasteiger partial charge in [-0.15, -0.1) is 0 Å². The van der Waals surface area contributed by atoms with Crippen molar-refractivity contribution in [3.8, 4) is 44.5 Å². The molecule has 50 heavy (non-hydrogen) atoms. The summed E-state index contributed by atoms with van der Waals surface area (Å²) < 4.78 is 0. The first-order valence-corrected chi connectivity index (χ1v) is 17.9. The molecule has 2 aliphatic carbocycles. The highest BCUT2D eigenvalue weighted by atomic mass is 14.5. The first-order valence-electron chi connectivity index (χ1n) is 17.9. The molecule has 0 nitrogen and oxygen atoms in total. The maximum atomic E-state index is 2.57. The second kappa shape index (κ2) is 9.49. The van der Waals surface area contributed by atoms with Crippen molar-refractivity contribution < 1.29 is 0 Å². The van der Waals surface area contributed by atoms with E-state index in [-0.39, 0.29) is 10.8 Å². The molecule has 0 heteroatoms. The molecule has 0 amide bonds. The highest BCUT2D eigenvalue weighted by Gasteiger charge is 2.42. The summed E-state index contributed by atoms with van der Waals surface area (Å²) in [6.07, 6.45) is 0. The quantitative estimate of drug-likeness (QED) is 0.166. The van der Waals surface area contributed by atoms with Gasteiger partial charge in [0.15, 0.2) is 0 Å². The lowest BCUT2D eigenvalue weighted by Gasteiger charge is -2.24. The van der Waals surface area contributed by atoms with E-state index in [1.165, 1.54) is 110 Å². The third-order valence-corrected chi connectivity index (χ3v) is 12.4. The van der Waals surface area contributed by atoms with E-state index in [1.54, 1.807) is 0 Å². The first-order chi connectivity index (χ1) is 24.3. The Labute approximate surface area is 293 Å². The minimum Gasteiger partial charge on any atom is -0.0622 e. The molecule has 2 aliphatic rings. The highest BCUT2D eigenvalue weighted by Crippen LogP contribution is 2.58. The Morgan fingerprint density at radius 1 is 0.320 bits per heavy atom. The van der Waals surface area contributed by atoms with E-state index in [2.05, 4.69) is 173 Å². The van der Waals surface area contributed by atoms with Gasteiger partial charge in [-0.1, -0.05) is 149 Å². The monoisotopic (exact) mass is 636 g/mol. The molecule has 0 aliphatic heterocycles. The standard InChI is InChI=1S/C50H36/c1-49(2)42-24-20-32(29-11-6-5-7-12-29)25-39(42)40-27-44-41(28-43(40)49)48-38-23-18-31-17-21-36(35-16-10-14-30-13-8-9-15-34(30)35)37-22-19-33(47(38)46(31)37)26-45(48)50(44,3)4/h5-28H,1-4H3. The summed E-state index contributed by atoms with van der Waals surface area (Å²) in [5.74, 6) is 0. The molecule has 236 valence electrons. The van der Waals surface area contributed by atoms with Crippen LogP contribution < -0.4 is 0 Å². The predicted molar refractivity (Wildman–Crippen MR) is 214 cm³/mol. The number of hydrogen-bond acceptors (Lipinski definition) is 0. The Balaban J connectivity index is 1.17. The molecule has 0 saturated carbocycles. The average Bonchev–Trinajstić information content (AvgIpc) is 3.51. The van der Waals surface area contributed by atoms with Gasteiger partial charge in [0.2, 0.25) is 0 Å². The van der Waals surface area contributed by atoms with Gasteiger partial charge in [0.25, 0.3) is 0 Å². The van der Waals surface area contributed by atoms with Gasteiger partial charge in [-0.05, 0) is 134 Å². The van der Waals surface area contributed by atoms with E-state index in [0.29, 0.717) is 0 Å². The molecule has 0 unspecified atom stereocenters. The lowest BCUT2D eigenvalue weighted by molar-refractivity contribution is 0.652. The smallest absolute Gasteiger partial charge is 0.0159 e. The number of fused-ring (bicyclic) bond motifs is 8. The molecular weight excluding hydrogens is 601 g/mol. The summed E-state index contributed by atoms with van der Waals surface area (Å²) in [5, 5.41) is 10.7. The van der Waals surface area contributed by atoms with Crippen LogP contribution in [0.3, 0.4) is 0 Å². The van der Waals surface area contributed by atoms with Gasteiger partial charge in [0, 0.05) is 10.8 Å². The lowest BCUT2D eigenvalue weighted by atomic mass is 9.79. The highest BCUT2D eigenvalue weighted by molar-refractivity contribution is 6.29. The van der Waals surface area contributed by atoms with Gasteiger partial charge < -0.3 is 0 Å². The van der Waals surface area contributed by atoms with Crippen LogP contribution in [-0.4, -0.2) is 0 Å². The summed E-state index contributed by atoms with van der Waals surface area (Å²) in [6, 6.07) is 55.2. The fourth-order valence-electron chi connectivity index (χ4n) is 9.83. The molecule has 0 fully saturated rings. The molecule has 0 radical (unpaired) electrons. The third-order valence-electron chi connectivity index (χ3n) is 12.4. The van der Waals surface area contributed by atoms with E-state index in [9.17, 15) is 0 Å². The summed E-state index contributed by atoms with van der Waals surface area (Å²) in [6.45, 7) is 9.68. The van der Waals surface area contributed by atoms with Crippen LogP contribution in [0.4, 0.5) is 0 Å². The second-order valence-electron chi connectivity index (χ2n) is 15.7. The number of benzene rings is 9. The number of hydrogen-bond donors (Lipinski definition) is 0. The minimum atomic E-state index is -0.123. The molecule has 0 saturated heterocycles. The van der Waals surface area contributed by atoms with E-state index >= 15 is 0 Å². The van der Waals surface area contributed by atoms with Crippen molar-refractivity contribution in [1.82, 2.24) is 0 Å². The predicted octanol–water partition coefficient (Wildman–Crippen LogP) is 13.7. The second-order valence-corrected chi connectivity index (χ2v) is 15.7. The Morgan fingerprint density at radius 3 is 1.84 bits per heavy atom. The van der Waals surface area contributed by atoms with E-state index in [1.807, 2.05) is 0 Å². The topological polar surface area (TPSA) is 0 Å². The largest absolute Gasteiger partial charge is 0.0622 e. The van der Waals surface area contributed by atoms with Crippen molar-refractivity contribution in [2.45, 2.75) is 38.5 Å². The summed E-state index contributed by atoms with van der Waals surface area (Å²) >= 11 is 0. The zero-order chi connectivity index (χ0) is 33.5. The van der Waals surface area contributed by atoms with Crippen molar-refractivity contribution in [2.24, 2.45) is 0 Å². The summed E-state index contributed by atoms with van der Waals surface area (Å²) in [7, 11) is 0.